The van der Waals surface area contributed by atoms with E-state index in [0.29, 0.717) is 45.1 Å². The molecule has 2 unspecified atom stereocenters. The van der Waals surface area contributed by atoms with E-state index in [1.165, 1.54) is 11.0 Å². The molecule has 0 aromatic heterocycles. The largest absolute Gasteiger partial charge is 0.346 e. The van der Waals surface area contributed by atoms with Crippen molar-refractivity contribution >= 4 is 39.4 Å². The third-order valence-electron chi connectivity index (χ3n) is 10.8. The van der Waals surface area contributed by atoms with Gasteiger partial charge in [-0.25, -0.2) is 13.2 Å². The molecule has 4 rings (SSSR count). The van der Waals surface area contributed by atoms with Gasteiger partial charge in [0.25, 0.3) is 5.91 Å². The highest BCUT2D eigenvalue weighted by Crippen LogP contribution is 2.40. The van der Waals surface area contributed by atoms with Crippen LogP contribution in [0.2, 0.25) is 0 Å². The monoisotopic (exact) mass is 691 g/mol. The molecule has 12 nitrogen and oxygen atoms in total. The maximum Gasteiger partial charge on any atom is 0.315 e. The molecule has 0 aromatic carbocycles. The van der Waals surface area contributed by atoms with Gasteiger partial charge in [-0.1, -0.05) is 72.8 Å². The topological polar surface area (TPSA) is 171 Å². The van der Waals surface area contributed by atoms with Crippen LogP contribution in [0.1, 0.15) is 105 Å². The summed E-state index contributed by atoms with van der Waals surface area (Å²) in [5.41, 5.74) is -1.64. The Morgan fingerprint density at radius 3 is 2.17 bits per heavy atom. The number of Topliss-reactive ketones (excluding diaryl/α,β-unsaturated/α-hetero) is 1. The molecule has 0 aromatic rings. The fraction of sp³-hybridized carbons (Fsp3) is 0.800. The highest BCUT2D eigenvalue weighted by Gasteiger charge is 2.51. The molecule has 0 radical (unpaired) electrons. The number of sulfone groups is 1. The Morgan fingerprint density at radius 2 is 1.62 bits per heavy atom. The molecule has 5 amide bonds. The quantitative estimate of drug-likeness (QED) is 0.170. The molecule has 2 saturated carbocycles. The fourth-order valence-corrected chi connectivity index (χ4v) is 10.4. The lowest BCUT2D eigenvalue weighted by Gasteiger charge is -2.43. The number of hydrogen-bond acceptors (Lipinski definition) is 7. The molecule has 4 N–H and O–H groups in total. The molecule has 4 fully saturated rings. The number of carbonyl (C=O) groups excluding carboxylic acids is 5. The predicted molar refractivity (Wildman–Crippen MR) is 183 cm³/mol. The molecule has 0 spiro atoms. The van der Waals surface area contributed by atoms with Crippen LogP contribution in [0, 0.1) is 23.2 Å². The number of rotatable bonds is 13. The van der Waals surface area contributed by atoms with Crippen molar-refractivity contribution in [2.45, 2.75) is 134 Å². The maximum atomic E-state index is 14.4. The summed E-state index contributed by atoms with van der Waals surface area (Å²) < 4.78 is 26.1. The van der Waals surface area contributed by atoms with Crippen molar-refractivity contribution in [3.63, 3.8) is 0 Å². The summed E-state index contributed by atoms with van der Waals surface area (Å²) in [5, 5.41) is 10.7. The van der Waals surface area contributed by atoms with Gasteiger partial charge in [0.1, 0.15) is 12.1 Å². The average molecular weight is 692 g/mol. The second kappa shape index (κ2) is 15.3. The van der Waals surface area contributed by atoms with Crippen LogP contribution in [-0.4, -0.2) is 90.6 Å². The van der Waals surface area contributed by atoms with Crippen LogP contribution < -0.4 is 21.3 Å². The first-order valence-electron chi connectivity index (χ1n) is 17.8. The Morgan fingerprint density at radius 1 is 0.958 bits per heavy atom. The molecule has 2 heterocycles. The predicted octanol–water partition coefficient (Wildman–Crippen LogP) is 3.01. The molecule has 13 heteroatoms. The van der Waals surface area contributed by atoms with Crippen molar-refractivity contribution in [3.8, 4) is 0 Å². The van der Waals surface area contributed by atoms with Crippen molar-refractivity contribution in [3.05, 3.63) is 12.7 Å². The third kappa shape index (κ3) is 8.79. The number of amides is 5. The lowest BCUT2D eigenvalue weighted by atomic mass is 9.78. The minimum absolute atomic E-state index is 0.0379. The van der Waals surface area contributed by atoms with Crippen LogP contribution >= 0.6 is 0 Å². The van der Waals surface area contributed by atoms with Crippen LogP contribution in [0.25, 0.3) is 0 Å². The van der Waals surface area contributed by atoms with E-state index in [1.54, 1.807) is 0 Å². The first-order valence-corrected chi connectivity index (χ1v) is 19.6. The summed E-state index contributed by atoms with van der Waals surface area (Å²) in [6.45, 7) is 13.5. The standard InChI is InChI=1S/C35H57N5O7S/c1-7-18-36-31(43)28(41)25(21-23-13-14-23)37-30(42)27-24(22(2)3)15-19-40(27)32(44)29(34(4,5)6)38-33(45)39-35(16-9-8-10-17-35)26-12-11-20-48(26,46)47/h7,22-27,29H,1,8-21H2,2-6H3,(H,36,43)(H,37,42)(H2,38,39,45)/t24?,25-,26?,27-,29+/m0/s1. The molecular formula is C35H57N5O7S. The van der Waals surface area contributed by atoms with Gasteiger partial charge in [-0.05, 0) is 61.7 Å². The van der Waals surface area contributed by atoms with Crippen LogP contribution in [0.3, 0.4) is 0 Å². The number of likely N-dealkylation sites (tertiary alicyclic amines) is 1. The van der Waals surface area contributed by atoms with Gasteiger partial charge in [0.2, 0.25) is 17.6 Å². The number of nitrogens with zero attached hydrogens (tertiary/aromatic N) is 1. The van der Waals surface area contributed by atoms with Gasteiger partial charge in [-0.3, -0.25) is 19.2 Å². The number of nitrogens with one attached hydrogen (secondary N) is 4. The van der Waals surface area contributed by atoms with E-state index >= 15 is 0 Å². The molecule has 48 heavy (non-hydrogen) atoms. The number of hydrogen-bond donors (Lipinski definition) is 4. The first kappa shape index (κ1) is 37.9. The van der Waals surface area contributed by atoms with Crippen LogP contribution in [0.15, 0.2) is 12.7 Å². The van der Waals surface area contributed by atoms with E-state index in [-0.39, 0.29) is 30.1 Å². The van der Waals surface area contributed by atoms with Crippen LogP contribution in [0.5, 0.6) is 0 Å². The number of urea groups is 1. The molecule has 270 valence electrons. The number of carbonyl (C=O) groups is 5. The van der Waals surface area contributed by atoms with E-state index in [2.05, 4.69) is 27.8 Å². The van der Waals surface area contributed by atoms with Crippen LogP contribution in [0.4, 0.5) is 4.79 Å². The van der Waals surface area contributed by atoms with Crippen LogP contribution in [-0.2, 0) is 29.0 Å². The summed E-state index contributed by atoms with van der Waals surface area (Å²) in [4.78, 5) is 69.5. The Balaban J connectivity index is 1.55. The second-order valence-corrected chi connectivity index (χ2v) is 18.2. The summed E-state index contributed by atoms with van der Waals surface area (Å²) in [6, 6.07) is -3.52. The molecular weight excluding hydrogens is 634 g/mol. The van der Waals surface area contributed by atoms with E-state index in [1.807, 2.05) is 34.6 Å². The molecule has 2 aliphatic heterocycles. The summed E-state index contributed by atoms with van der Waals surface area (Å²) in [6.07, 6.45) is 9.04. The van der Waals surface area contributed by atoms with Gasteiger partial charge in [-0.15, -0.1) is 6.58 Å². The van der Waals surface area contributed by atoms with E-state index < -0.39 is 73.7 Å². The van der Waals surface area contributed by atoms with Gasteiger partial charge in [0, 0.05) is 13.1 Å². The van der Waals surface area contributed by atoms with E-state index in [0.717, 1.165) is 32.1 Å². The molecule has 2 saturated heterocycles. The minimum atomic E-state index is -3.35. The normalized spacial score (nSPS) is 26.3. The fourth-order valence-electron chi connectivity index (χ4n) is 8.01. The average Bonchev–Trinajstić information content (AvgIpc) is 3.58. The lowest BCUT2D eigenvalue weighted by molar-refractivity contribution is -0.144. The Bertz CT molecular complexity index is 1350. The van der Waals surface area contributed by atoms with Crippen molar-refractivity contribution < 1.29 is 32.4 Å². The third-order valence-corrected chi connectivity index (χ3v) is 13.2. The highest BCUT2D eigenvalue weighted by molar-refractivity contribution is 7.92. The zero-order valence-electron chi connectivity index (χ0n) is 29.4. The van der Waals surface area contributed by atoms with E-state index in [4.69, 9.17) is 0 Å². The van der Waals surface area contributed by atoms with Crippen molar-refractivity contribution in [1.29, 1.82) is 0 Å². The summed E-state index contributed by atoms with van der Waals surface area (Å²) in [7, 11) is -3.35. The second-order valence-electron chi connectivity index (χ2n) is 15.9. The zero-order chi connectivity index (χ0) is 35.4. The smallest absolute Gasteiger partial charge is 0.315 e. The van der Waals surface area contributed by atoms with Gasteiger partial charge >= 0.3 is 6.03 Å². The first-order chi connectivity index (χ1) is 22.5. The summed E-state index contributed by atoms with van der Waals surface area (Å²) in [5.74, 6) is -2.21. The number of ketones is 1. The Kier molecular flexibility index (Phi) is 12.1. The van der Waals surface area contributed by atoms with E-state index in [9.17, 15) is 32.4 Å². The molecule has 4 aliphatic rings. The molecule has 0 bridgehead atoms. The van der Waals surface area contributed by atoms with Crippen molar-refractivity contribution in [2.24, 2.45) is 23.2 Å². The maximum absolute atomic E-state index is 14.4. The van der Waals surface area contributed by atoms with Gasteiger partial charge in [0.15, 0.2) is 9.84 Å². The summed E-state index contributed by atoms with van der Waals surface area (Å²) >= 11 is 0. The lowest BCUT2D eigenvalue weighted by Crippen LogP contribution is -2.65. The molecule has 2 aliphatic carbocycles. The minimum Gasteiger partial charge on any atom is -0.346 e. The van der Waals surface area contributed by atoms with Crippen molar-refractivity contribution in [2.75, 3.05) is 18.8 Å². The highest BCUT2D eigenvalue weighted by atomic mass is 32.2. The molecule has 5 atom stereocenters. The van der Waals surface area contributed by atoms with Gasteiger partial charge in [0.05, 0.1) is 22.6 Å². The van der Waals surface area contributed by atoms with Crippen molar-refractivity contribution in [1.82, 2.24) is 26.2 Å². The van der Waals surface area contributed by atoms with Gasteiger partial charge < -0.3 is 26.2 Å². The zero-order valence-corrected chi connectivity index (χ0v) is 30.3. The SMILES string of the molecule is C=CCNC(=O)C(=O)[C@H](CC1CC1)NC(=O)[C@@H]1C(C(C)C)CCN1C(=O)[C@@H](NC(=O)NC1(C2CCCS2(=O)=O)CCCCC1)C(C)(C)C. The Hall–Kier alpha value is -2.96. The van der Waals surface area contributed by atoms with Gasteiger partial charge in [-0.2, -0.15) is 0 Å². The Labute approximate surface area is 286 Å².